The first-order valence-electron chi connectivity index (χ1n) is 8.10. The van der Waals surface area contributed by atoms with E-state index in [-0.39, 0.29) is 19.3 Å². The van der Waals surface area contributed by atoms with Gasteiger partial charge in [-0.15, -0.1) is 6.58 Å². The number of nitrogens with one attached hydrogen (secondary N) is 1. The van der Waals surface area contributed by atoms with E-state index >= 15 is 0 Å². The molecule has 1 heterocycles. The van der Waals surface area contributed by atoms with Crippen molar-refractivity contribution in [2.75, 3.05) is 19.8 Å². The fraction of sp³-hybridized carbons (Fsp3) is 0.444. The summed E-state index contributed by atoms with van der Waals surface area (Å²) in [5.74, 6) is 0.309. The lowest BCUT2D eigenvalue weighted by atomic mass is 10.2. The van der Waals surface area contributed by atoms with Crippen molar-refractivity contribution < 1.29 is 28.5 Å². The van der Waals surface area contributed by atoms with Gasteiger partial charge in [0, 0.05) is 0 Å². The number of para-hydroxylation sites is 2. The lowest BCUT2D eigenvalue weighted by molar-refractivity contribution is -0.164. The molecule has 136 valence electrons. The van der Waals surface area contributed by atoms with Gasteiger partial charge in [0.15, 0.2) is 23.7 Å². The molecule has 0 radical (unpaired) electrons. The summed E-state index contributed by atoms with van der Waals surface area (Å²) >= 11 is 0. The second-order valence-electron chi connectivity index (χ2n) is 5.59. The Hall–Kier alpha value is -2.54. The van der Waals surface area contributed by atoms with Gasteiger partial charge in [-0.3, -0.25) is 4.79 Å². The average molecular weight is 349 g/mol. The molecule has 0 saturated carbocycles. The van der Waals surface area contributed by atoms with Gasteiger partial charge in [-0.1, -0.05) is 18.2 Å². The van der Waals surface area contributed by atoms with Crippen molar-refractivity contribution in [3.8, 4) is 11.5 Å². The predicted molar refractivity (Wildman–Crippen MR) is 90.5 cm³/mol. The summed E-state index contributed by atoms with van der Waals surface area (Å²) in [7, 11) is 0. The zero-order valence-electron chi connectivity index (χ0n) is 14.4. The van der Waals surface area contributed by atoms with Crippen LogP contribution in [0, 0.1) is 0 Å². The number of fused-ring (bicyclic) bond motifs is 1. The molecule has 0 fully saturated rings. The van der Waals surface area contributed by atoms with Crippen molar-refractivity contribution in [1.29, 1.82) is 0 Å². The normalized spacial score (nSPS) is 17.9. The molecule has 0 aromatic heterocycles. The number of esters is 1. The number of rotatable bonds is 8. The van der Waals surface area contributed by atoms with Crippen LogP contribution in [0.5, 0.6) is 11.5 Å². The molecule has 25 heavy (non-hydrogen) atoms. The highest BCUT2D eigenvalue weighted by Crippen LogP contribution is 2.30. The summed E-state index contributed by atoms with van der Waals surface area (Å²) in [5.41, 5.74) is 0. The summed E-state index contributed by atoms with van der Waals surface area (Å²) in [5, 5.41) is 2.69. The standard InChI is InChI=1S/C18H23NO6/c1-4-9-22-13(3)18(21)24-12(2)17(20)19-10-14-11-23-15-7-5-6-8-16(15)25-14/h4-8,12-14H,1,9-11H2,2-3H3,(H,19,20). The Balaban J connectivity index is 1.74. The lowest BCUT2D eigenvalue weighted by Crippen LogP contribution is -2.45. The number of amides is 1. The number of carbonyl (C=O) groups excluding carboxylic acids is 2. The van der Waals surface area contributed by atoms with E-state index in [0.29, 0.717) is 18.1 Å². The molecule has 1 aromatic carbocycles. The molecule has 1 aromatic rings. The van der Waals surface area contributed by atoms with Crippen LogP contribution in [0.15, 0.2) is 36.9 Å². The topological polar surface area (TPSA) is 83.1 Å². The van der Waals surface area contributed by atoms with Gasteiger partial charge in [0.1, 0.15) is 12.7 Å². The smallest absolute Gasteiger partial charge is 0.335 e. The molecule has 3 atom stereocenters. The number of hydrogen-bond donors (Lipinski definition) is 1. The Labute approximate surface area is 146 Å². The summed E-state index contributed by atoms with van der Waals surface area (Å²) in [6.45, 7) is 7.37. The van der Waals surface area contributed by atoms with Crippen molar-refractivity contribution in [3.63, 3.8) is 0 Å². The maximum absolute atomic E-state index is 12.1. The van der Waals surface area contributed by atoms with Gasteiger partial charge in [0.25, 0.3) is 5.91 Å². The van der Waals surface area contributed by atoms with Gasteiger partial charge in [-0.05, 0) is 26.0 Å². The molecule has 7 nitrogen and oxygen atoms in total. The summed E-state index contributed by atoms with van der Waals surface area (Å²) in [6, 6.07) is 7.33. The summed E-state index contributed by atoms with van der Waals surface area (Å²) in [6.07, 6.45) is -0.472. The second kappa shape index (κ2) is 9.08. The van der Waals surface area contributed by atoms with Crippen LogP contribution < -0.4 is 14.8 Å². The Kier molecular flexibility index (Phi) is 6.82. The molecule has 7 heteroatoms. The fourth-order valence-corrected chi connectivity index (χ4v) is 2.13. The number of benzene rings is 1. The third-order valence-electron chi connectivity index (χ3n) is 3.53. The van der Waals surface area contributed by atoms with Crippen LogP contribution in [0.4, 0.5) is 0 Å². The van der Waals surface area contributed by atoms with Gasteiger partial charge >= 0.3 is 5.97 Å². The number of carbonyl (C=O) groups is 2. The Bertz CT molecular complexity index is 617. The quantitative estimate of drug-likeness (QED) is 0.565. The van der Waals surface area contributed by atoms with E-state index < -0.39 is 24.1 Å². The monoisotopic (exact) mass is 349 g/mol. The van der Waals surface area contributed by atoms with Crippen molar-refractivity contribution in [2.45, 2.75) is 32.2 Å². The molecule has 1 aliphatic rings. The molecule has 1 amide bonds. The molecule has 0 spiro atoms. The molecule has 1 aliphatic heterocycles. The average Bonchev–Trinajstić information content (AvgIpc) is 2.63. The van der Waals surface area contributed by atoms with Crippen molar-refractivity contribution >= 4 is 11.9 Å². The van der Waals surface area contributed by atoms with Gasteiger partial charge in [0.05, 0.1) is 13.2 Å². The van der Waals surface area contributed by atoms with Gasteiger partial charge < -0.3 is 24.3 Å². The van der Waals surface area contributed by atoms with E-state index in [1.54, 1.807) is 13.0 Å². The molecule has 0 bridgehead atoms. The minimum Gasteiger partial charge on any atom is -0.486 e. The lowest BCUT2D eigenvalue weighted by Gasteiger charge is -2.27. The zero-order valence-corrected chi connectivity index (χ0v) is 14.4. The number of hydrogen-bond acceptors (Lipinski definition) is 6. The minimum atomic E-state index is -0.931. The van der Waals surface area contributed by atoms with Crippen LogP contribution in [0.1, 0.15) is 13.8 Å². The van der Waals surface area contributed by atoms with E-state index in [4.69, 9.17) is 18.9 Å². The summed E-state index contributed by atoms with van der Waals surface area (Å²) in [4.78, 5) is 23.9. The maximum atomic E-state index is 12.1. The minimum absolute atomic E-state index is 0.233. The largest absolute Gasteiger partial charge is 0.486 e. The van der Waals surface area contributed by atoms with E-state index in [2.05, 4.69) is 11.9 Å². The Morgan fingerprint density at radius 3 is 2.76 bits per heavy atom. The third kappa shape index (κ3) is 5.49. The van der Waals surface area contributed by atoms with Gasteiger partial charge in [0.2, 0.25) is 0 Å². The highest BCUT2D eigenvalue weighted by atomic mass is 16.6. The Morgan fingerprint density at radius 2 is 2.04 bits per heavy atom. The van der Waals surface area contributed by atoms with Crippen LogP contribution in [-0.2, 0) is 19.1 Å². The van der Waals surface area contributed by atoms with Crippen LogP contribution in [-0.4, -0.2) is 49.9 Å². The Morgan fingerprint density at radius 1 is 1.32 bits per heavy atom. The van der Waals surface area contributed by atoms with E-state index in [0.717, 1.165) is 0 Å². The summed E-state index contributed by atoms with van der Waals surface area (Å²) < 4.78 is 21.6. The van der Waals surface area contributed by atoms with Crippen LogP contribution in [0.2, 0.25) is 0 Å². The van der Waals surface area contributed by atoms with Crippen molar-refractivity contribution in [2.24, 2.45) is 0 Å². The molecular weight excluding hydrogens is 326 g/mol. The highest BCUT2D eigenvalue weighted by molar-refractivity contribution is 5.84. The zero-order chi connectivity index (χ0) is 18.2. The van der Waals surface area contributed by atoms with Crippen LogP contribution in [0.3, 0.4) is 0 Å². The third-order valence-corrected chi connectivity index (χ3v) is 3.53. The van der Waals surface area contributed by atoms with Gasteiger partial charge in [-0.2, -0.15) is 0 Å². The molecule has 3 unspecified atom stereocenters. The molecule has 2 rings (SSSR count). The van der Waals surface area contributed by atoms with E-state index in [1.165, 1.54) is 13.0 Å². The first-order valence-corrected chi connectivity index (χ1v) is 8.10. The molecule has 0 saturated heterocycles. The predicted octanol–water partition coefficient (Wildman–Crippen LogP) is 1.47. The van der Waals surface area contributed by atoms with Crippen LogP contribution >= 0.6 is 0 Å². The first kappa shape index (κ1) is 18.8. The molecule has 0 aliphatic carbocycles. The van der Waals surface area contributed by atoms with Gasteiger partial charge in [-0.25, -0.2) is 4.79 Å². The SMILES string of the molecule is C=CCOC(C)C(=O)OC(C)C(=O)NCC1COc2ccccc2O1. The van der Waals surface area contributed by atoms with E-state index in [9.17, 15) is 9.59 Å². The fourth-order valence-electron chi connectivity index (χ4n) is 2.13. The first-order chi connectivity index (χ1) is 12.0. The van der Waals surface area contributed by atoms with Crippen LogP contribution in [0.25, 0.3) is 0 Å². The highest BCUT2D eigenvalue weighted by Gasteiger charge is 2.25. The van der Waals surface area contributed by atoms with Crippen molar-refractivity contribution in [1.82, 2.24) is 5.32 Å². The van der Waals surface area contributed by atoms with E-state index in [1.807, 2.05) is 18.2 Å². The maximum Gasteiger partial charge on any atom is 0.335 e. The molecule has 1 N–H and O–H groups in total. The second-order valence-corrected chi connectivity index (χ2v) is 5.59. The van der Waals surface area contributed by atoms with Crippen molar-refractivity contribution in [3.05, 3.63) is 36.9 Å². The molecular formula is C18H23NO6. The number of ether oxygens (including phenoxy) is 4.